The molecule has 1 atom stereocenters. The molecular weight excluding hydrogens is 447 g/mol. The van der Waals surface area contributed by atoms with Crippen LogP contribution in [0.3, 0.4) is 0 Å². The summed E-state index contributed by atoms with van der Waals surface area (Å²) in [6.45, 7) is 11.8. The Hall–Kier alpha value is -2.06. The summed E-state index contributed by atoms with van der Waals surface area (Å²) in [5.74, 6) is 1.78. The molecule has 0 bridgehead atoms. The first-order chi connectivity index (χ1) is 15.6. The van der Waals surface area contributed by atoms with Gasteiger partial charge in [0.2, 0.25) is 0 Å². The molecule has 0 aliphatic carbocycles. The highest BCUT2D eigenvalue weighted by atomic mass is 32.2. The number of rotatable bonds is 14. The molecule has 0 aliphatic rings. The second kappa shape index (κ2) is 13.0. The fourth-order valence-electron chi connectivity index (χ4n) is 3.36. The minimum absolute atomic E-state index is 0.115. The Kier molecular flexibility index (Phi) is 10.7. The minimum atomic E-state index is -0.668. The van der Waals surface area contributed by atoms with E-state index in [2.05, 4.69) is 20.8 Å². The Morgan fingerprint density at radius 2 is 1.85 bits per heavy atom. The molecule has 184 valence electrons. The quantitative estimate of drug-likeness (QED) is 0.205. The number of hydrogen-bond donors (Lipinski definition) is 0. The van der Waals surface area contributed by atoms with Gasteiger partial charge in [0.15, 0.2) is 11.4 Å². The molecule has 1 unspecified atom stereocenters. The number of hydrogen-bond acceptors (Lipinski definition) is 7. The van der Waals surface area contributed by atoms with Crippen LogP contribution in [0.15, 0.2) is 33.5 Å². The summed E-state index contributed by atoms with van der Waals surface area (Å²) in [6.07, 6.45) is 0.989. The number of fused-ring (bicyclic) bond motifs is 1. The molecule has 1 aromatic carbocycles. The molecule has 0 N–H and O–H groups in total. The van der Waals surface area contributed by atoms with Crippen LogP contribution in [0.4, 0.5) is 4.39 Å². The average molecular weight is 483 g/mol. The van der Waals surface area contributed by atoms with Gasteiger partial charge in [0.05, 0.1) is 30.1 Å². The van der Waals surface area contributed by atoms with Gasteiger partial charge in [0.25, 0.3) is 0 Å². The van der Waals surface area contributed by atoms with Crippen molar-refractivity contribution in [1.29, 1.82) is 0 Å². The van der Waals surface area contributed by atoms with Crippen molar-refractivity contribution < 1.29 is 27.8 Å². The van der Waals surface area contributed by atoms with Gasteiger partial charge in [-0.3, -0.25) is 4.79 Å². The molecule has 0 amide bonds. The number of carbonyl (C=O) groups excluding carboxylic acids is 1. The number of esters is 1. The van der Waals surface area contributed by atoms with Gasteiger partial charge in [-0.2, -0.15) is 11.8 Å². The maximum Gasteiger partial charge on any atom is 0.340 e. The van der Waals surface area contributed by atoms with E-state index in [1.165, 1.54) is 18.2 Å². The molecule has 33 heavy (non-hydrogen) atoms. The van der Waals surface area contributed by atoms with E-state index in [4.69, 9.17) is 18.6 Å². The third-order valence-corrected chi connectivity index (χ3v) is 6.50. The number of para-hydroxylation sites is 1. The van der Waals surface area contributed by atoms with Gasteiger partial charge in [0, 0.05) is 11.5 Å². The zero-order valence-corrected chi connectivity index (χ0v) is 21.0. The largest absolute Gasteiger partial charge is 0.490 e. The maximum absolute atomic E-state index is 13.8. The van der Waals surface area contributed by atoms with Crippen LogP contribution in [0.1, 0.15) is 41.0 Å². The summed E-state index contributed by atoms with van der Waals surface area (Å²) in [6, 6.07) is 5.59. The molecule has 0 saturated carbocycles. The normalized spacial score (nSPS) is 12.8. The molecule has 0 radical (unpaired) electrons. The lowest BCUT2D eigenvalue weighted by atomic mass is 9.76. The highest BCUT2D eigenvalue weighted by Crippen LogP contribution is 2.33. The molecule has 1 heterocycles. The van der Waals surface area contributed by atoms with E-state index >= 15 is 0 Å². The first kappa shape index (κ1) is 27.2. The molecule has 8 heteroatoms. The second-order valence-corrected chi connectivity index (χ2v) is 10.2. The Bertz CT molecular complexity index is 956. The van der Waals surface area contributed by atoms with Crippen LogP contribution >= 0.6 is 11.8 Å². The van der Waals surface area contributed by atoms with Crippen LogP contribution in [0.25, 0.3) is 11.0 Å². The van der Waals surface area contributed by atoms with Crippen LogP contribution < -0.4 is 10.4 Å². The predicted molar refractivity (Wildman–Crippen MR) is 129 cm³/mol. The van der Waals surface area contributed by atoms with Gasteiger partial charge in [-0.15, -0.1) is 0 Å². The van der Waals surface area contributed by atoms with E-state index in [9.17, 15) is 14.0 Å². The Morgan fingerprint density at radius 3 is 2.58 bits per heavy atom. The zero-order valence-electron chi connectivity index (χ0n) is 20.1. The third kappa shape index (κ3) is 8.34. The highest BCUT2D eigenvalue weighted by Gasteiger charge is 2.35. The van der Waals surface area contributed by atoms with Crippen molar-refractivity contribution >= 4 is 28.7 Å². The topological polar surface area (TPSA) is 75.0 Å². The lowest BCUT2D eigenvalue weighted by Crippen LogP contribution is -2.34. The van der Waals surface area contributed by atoms with Crippen molar-refractivity contribution in [1.82, 2.24) is 0 Å². The monoisotopic (exact) mass is 482 g/mol. The number of benzene rings is 1. The van der Waals surface area contributed by atoms with Crippen LogP contribution in [0, 0.1) is 23.1 Å². The van der Waals surface area contributed by atoms with E-state index in [0.717, 1.165) is 12.2 Å². The molecule has 2 aromatic rings. The Morgan fingerprint density at radius 1 is 1.12 bits per heavy atom. The van der Waals surface area contributed by atoms with E-state index in [1.54, 1.807) is 17.8 Å². The first-order valence-electron chi connectivity index (χ1n) is 11.3. The van der Waals surface area contributed by atoms with Gasteiger partial charge in [-0.05, 0) is 44.2 Å². The molecule has 0 spiro atoms. The summed E-state index contributed by atoms with van der Waals surface area (Å²) in [4.78, 5) is 24.0. The van der Waals surface area contributed by atoms with Gasteiger partial charge >= 0.3 is 11.6 Å². The fourth-order valence-corrected chi connectivity index (χ4v) is 4.00. The maximum atomic E-state index is 13.8. The Balaban J connectivity index is 1.59. The van der Waals surface area contributed by atoms with Crippen LogP contribution in [-0.4, -0.2) is 43.9 Å². The van der Waals surface area contributed by atoms with E-state index in [1.807, 2.05) is 13.8 Å². The predicted octanol–water partition coefficient (Wildman–Crippen LogP) is 5.31. The Labute approximate surface area is 199 Å². The molecule has 0 fully saturated rings. The van der Waals surface area contributed by atoms with E-state index < -0.39 is 16.9 Å². The molecule has 1 aromatic heterocycles. The zero-order chi connectivity index (χ0) is 24.4. The molecule has 2 rings (SSSR count). The van der Waals surface area contributed by atoms with Crippen LogP contribution in [0.5, 0.6) is 5.75 Å². The highest BCUT2D eigenvalue weighted by molar-refractivity contribution is 7.99. The summed E-state index contributed by atoms with van der Waals surface area (Å²) >= 11 is 1.65. The number of thioether (sulfide) groups is 1. The van der Waals surface area contributed by atoms with E-state index in [0.29, 0.717) is 36.9 Å². The van der Waals surface area contributed by atoms with Gasteiger partial charge < -0.3 is 18.6 Å². The van der Waals surface area contributed by atoms with Gasteiger partial charge in [0.1, 0.15) is 19.0 Å². The lowest BCUT2D eigenvalue weighted by Gasteiger charge is -2.30. The summed E-state index contributed by atoms with van der Waals surface area (Å²) in [5, 5.41) is 0.404. The van der Waals surface area contributed by atoms with Crippen molar-refractivity contribution in [3.05, 3.63) is 40.5 Å². The summed E-state index contributed by atoms with van der Waals surface area (Å²) in [7, 11) is 0. The van der Waals surface area contributed by atoms with Crippen molar-refractivity contribution in [2.75, 3.05) is 37.9 Å². The molecule has 6 nitrogen and oxygen atoms in total. The SMILES string of the molecule is CC(C)CC(C)C(C)(C)C(=O)OCCSCCOCCOc1cc(=O)oc2c(F)cccc12. The lowest BCUT2D eigenvalue weighted by molar-refractivity contribution is -0.156. The number of carbonyl (C=O) groups is 1. The van der Waals surface area contributed by atoms with E-state index in [-0.39, 0.29) is 29.8 Å². The van der Waals surface area contributed by atoms with Crippen LogP contribution in [-0.2, 0) is 14.3 Å². The molecular formula is C25H35FO6S. The second-order valence-electron chi connectivity index (χ2n) is 9.01. The number of ether oxygens (including phenoxy) is 3. The molecule has 0 saturated heterocycles. The van der Waals surface area contributed by atoms with Crippen LogP contribution in [0.2, 0.25) is 0 Å². The van der Waals surface area contributed by atoms with Gasteiger partial charge in [-0.1, -0.05) is 26.8 Å². The van der Waals surface area contributed by atoms with Crippen molar-refractivity contribution in [3.8, 4) is 5.75 Å². The minimum Gasteiger partial charge on any atom is -0.490 e. The van der Waals surface area contributed by atoms with Crippen molar-refractivity contribution in [2.24, 2.45) is 17.3 Å². The van der Waals surface area contributed by atoms with Crippen molar-refractivity contribution in [3.63, 3.8) is 0 Å². The van der Waals surface area contributed by atoms with Crippen molar-refractivity contribution in [2.45, 2.75) is 41.0 Å². The number of halogens is 1. The average Bonchev–Trinajstić information content (AvgIpc) is 2.74. The summed E-state index contributed by atoms with van der Waals surface area (Å²) in [5.41, 5.74) is -1.27. The molecule has 0 aliphatic heterocycles. The first-order valence-corrected chi connectivity index (χ1v) is 12.5. The van der Waals surface area contributed by atoms with Gasteiger partial charge in [-0.25, -0.2) is 9.18 Å². The smallest absolute Gasteiger partial charge is 0.340 e. The standard InChI is InChI=1S/C25H35FO6S/c1-17(2)15-18(3)25(4,5)24(28)31-12-14-33-13-11-29-9-10-30-21-16-22(27)32-23-19(21)7-6-8-20(23)26/h6-8,16-18H,9-15H2,1-5H3. The third-order valence-electron chi connectivity index (χ3n) is 5.59. The fraction of sp³-hybridized carbons (Fsp3) is 0.600. The summed E-state index contributed by atoms with van der Waals surface area (Å²) < 4.78 is 35.3.